The van der Waals surface area contributed by atoms with E-state index in [2.05, 4.69) is 0 Å². The van der Waals surface area contributed by atoms with Crippen molar-refractivity contribution in [1.82, 2.24) is 4.90 Å². The van der Waals surface area contributed by atoms with E-state index in [-0.39, 0.29) is 36.2 Å². The number of likely N-dealkylation sites (tertiary alicyclic amines) is 1. The minimum absolute atomic E-state index is 0.149. The molecule has 4 aliphatic rings. The first kappa shape index (κ1) is 31.9. The first-order valence-electron chi connectivity index (χ1n) is 16.1. The van der Waals surface area contributed by atoms with Crippen LogP contribution >= 0.6 is 11.6 Å². The lowest BCUT2D eigenvalue weighted by Crippen LogP contribution is -2.53. The number of halogens is 1. The minimum atomic E-state index is -1.55. The summed E-state index contributed by atoms with van der Waals surface area (Å²) in [6, 6.07) is 18.8. The normalized spacial score (nSPS) is 28.2. The van der Waals surface area contributed by atoms with Gasteiger partial charge in [-0.2, -0.15) is 0 Å². The highest BCUT2D eigenvalue weighted by Crippen LogP contribution is 2.66. The van der Waals surface area contributed by atoms with Crippen molar-refractivity contribution in [3.05, 3.63) is 94.5 Å². The minimum Gasteiger partial charge on any atom is -0.507 e. The molecule has 0 spiro atoms. The molecule has 48 heavy (non-hydrogen) atoms. The van der Waals surface area contributed by atoms with Gasteiger partial charge in [0.25, 0.3) is 0 Å². The summed E-state index contributed by atoms with van der Waals surface area (Å²) in [6.45, 7) is 5.50. The molecule has 4 amide bonds. The number of rotatable bonds is 5. The van der Waals surface area contributed by atoms with Crippen molar-refractivity contribution in [2.24, 2.45) is 23.7 Å². The molecule has 1 saturated carbocycles. The zero-order valence-electron chi connectivity index (χ0n) is 27.4. The van der Waals surface area contributed by atoms with Crippen LogP contribution in [0, 0.1) is 23.7 Å². The highest BCUT2D eigenvalue weighted by molar-refractivity contribution is 6.32. The predicted octanol–water partition coefficient (Wildman–Crippen LogP) is 6.02. The van der Waals surface area contributed by atoms with E-state index in [9.17, 15) is 19.5 Å². The summed E-state index contributed by atoms with van der Waals surface area (Å²) >= 11 is 6.38. The molecule has 1 N–H and O–H groups in total. The molecule has 3 fully saturated rings. The summed E-state index contributed by atoms with van der Waals surface area (Å²) in [5.41, 5.74) is -0.348. The van der Waals surface area contributed by atoms with Crippen LogP contribution in [-0.4, -0.2) is 53.4 Å². The standard InChI is InChI=1S/C38H37ClN2O7/c1-37(2,3)41-33(43)25-15-14-24-26(30(25)35(41)45)19-27-34(44)40(22-13-9-12-21(39)16-22)36(46)38(27,20-10-7-6-8-11-20)32(24)31-28(42)17-23(47-4)18-29(31)48-5/h6-14,16-18,25-27,30,32,42H,15,19H2,1-5H3/t25-,26+,27-,30-,32+,38+/m0/s1. The molecule has 2 aliphatic carbocycles. The Morgan fingerprint density at radius 2 is 1.60 bits per heavy atom. The van der Waals surface area contributed by atoms with Crippen molar-refractivity contribution in [3.8, 4) is 17.2 Å². The van der Waals surface area contributed by atoms with Gasteiger partial charge in [0.15, 0.2) is 0 Å². The summed E-state index contributed by atoms with van der Waals surface area (Å²) in [7, 11) is 2.94. The second-order valence-corrected chi connectivity index (χ2v) is 14.5. The molecular weight excluding hydrogens is 632 g/mol. The largest absolute Gasteiger partial charge is 0.507 e. The summed E-state index contributed by atoms with van der Waals surface area (Å²) in [6.07, 6.45) is 2.38. The van der Waals surface area contributed by atoms with Crippen molar-refractivity contribution in [3.63, 3.8) is 0 Å². The molecular formula is C38H37ClN2O7. The van der Waals surface area contributed by atoms with Gasteiger partial charge in [0.05, 0.1) is 43.1 Å². The number of allylic oxidation sites excluding steroid dienone is 2. The van der Waals surface area contributed by atoms with Gasteiger partial charge in [0, 0.05) is 34.2 Å². The number of amides is 4. The number of benzene rings is 3. The maximum absolute atomic E-state index is 15.4. The Bertz CT molecular complexity index is 1900. The SMILES string of the molecule is COc1cc(O)c([C@H]2C3=CC[C@@H]4C(=O)N(C(C)(C)C)C(=O)[C@@H]4[C@@H]3C[C@H]3C(=O)N(c4cccc(Cl)c4)C(=O)[C@@]23c2ccccc2)c(OC)c1. The van der Waals surface area contributed by atoms with E-state index in [1.165, 1.54) is 30.1 Å². The van der Waals surface area contributed by atoms with Crippen molar-refractivity contribution >= 4 is 40.9 Å². The zero-order valence-corrected chi connectivity index (χ0v) is 28.2. The Balaban J connectivity index is 1.54. The second-order valence-electron chi connectivity index (χ2n) is 14.0. The van der Waals surface area contributed by atoms with Gasteiger partial charge >= 0.3 is 0 Å². The Morgan fingerprint density at radius 1 is 0.875 bits per heavy atom. The number of methoxy groups -OCH3 is 2. The Labute approximate surface area is 284 Å². The number of fused-ring (bicyclic) bond motifs is 4. The summed E-state index contributed by atoms with van der Waals surface area (Å²) in [4.78, 5) is 60.9. The van der Waals surface area contributed by atoms with E-state index >= 15 is 4.79 Å². The fourth-order valence-electron chi connectivity index (χ4n) is 8.88. The molecule has 2 heterocycles. The molecule has 248 valence electrons. The molecule has 3 aromatic carbocycles. The van der Waals surface area contributed by atoms with E-state index in [1.54, 1.807) is 30.3 Å². The quantitative estimate of drug-likeness (QED) is 0.261. The highest BCUT2D eigenvalue weighted by Gasteiger charge is 2.71. The zero-order chi connectivity index (χ0) is 34.3. The number of carbonyl (C=O) groups is 4. The van der Waals surface area contributed by atoms with Crippen LogP contribution in [0.3, 0.4) is 0 Å². The number of carbonyl (C=O) groups excluding carboxylic acids is 4. The first-order chi connectivity index (χ1) is 22.9. The van der Waals surface area contributed by atoms with Gasteiger partial charge in [-0.1, -0.05) is 59.6 Å². The van der Waals surface area contributed by atoms with Crippen molar-refractivity contribution in [1.29, 1.82) is 0 Å². The van der Waals surface area contributed by atoms with E-state index in [1.807, 2.05) is 57.2 Å². The maximum Gasteiger partial charge on any atom is 0.246 e. The highest BCUT2D eigenvalue weighted by atomic mass is 35.5. The van der Waals surface area contributed by atoms with Gasteiger partial charge in [0.1, 0.15) is 17.2 Å². The van der Waals surface area contributed by atoms with Gasteiger partial charge in [-0.3, -0.25) is 24.1 Å². The lowest BCUT2D eigenvalue weighted by molar-refractivity contribution is -0.145. The van der Waals surface area contributed by atoms with Crippen LogP contribution in [0.15, 0.2) is 78.4 Å². The predicted molar refractivity (Wildman–Crippen MR) is 179 cm³/mol. The number of anilines is 1. The van der Waals surface area contributed by atoms with Gasteiger partial charge in [-0.25, -0.2) is 4.90 Å². The van der Waals surface area contributed by atoms with Gasteiger partial charge in [-0.15, -0.1) is 0 Å². The molecule has 2 saturated heterocycles. The van der Waals surface area contributed by atoms with Crippen LogP contribution < -0.4 is 14.4 Å². The van der Waals surface area contributed by atoms with Crippen LogP contribution in [0.5, 0.6) is 17.2 Å². The number of aromatic hydroxyl groups is 1. The van der Waals surface area contributed by atoms with Crippen molar-refractivity contribution in [2.75, 3.05) is 19.1 Å². The number of hydrogen-bond donors (Lipinski definition) is 1. The molecule has 0 aromatic heterocycles. The number of phenolic OH excluding ortho intramolecular Hbond substituents is 1. The Hall–Kier alpha value is -4.63. The van der Waals surface area contributed by atoms with Crippen LogP contribution in [-0.2, 0) is 24.6 Å². The third-order valence-electron chi connectivity index (χ3n) is 10.7. The van der Waals surface area contributed by atoms with Crippen LogP contribution in [0.2, 0.25) is 5.02 Å². The average Bonchev–Trinajstić information content (AvgIpc) is 3.45. The fraction of sp³-hybridized carbons (Fsp3) is 0.368. The molecule has 3 aromatic rings. The molecule has 6 atom stereocenters. The molecule has 7 rings (SSSR count). The third-order valence-corrected chi connectivity index (χ3v) is 10.9. The molecule has 0 radical (unpaired) electrons. The molecule has 2 aliphatic heterocycles. The summed E-state index contributed by atoms with van der Waals surface area (Å²) in [5, 5.41) is 12.2. The van der Waals surface area contributed by atoms with Gasteiger partial charge < -0.3 is 14.6 Å². The lowest BCUT2D eigenvalue weighted by atomic mass is 9.49. The Kier molecular flexibility index (Phi) is 7.47. The van der Waals surface area contributed by atoms with Crippen LogP contribution in [0.4, 0.5) is 5.69 Å². The van der Waals surface area contributed by atoms with E-state index in [0.717, 1.165) is 5.57 Å². The molecule has 10 heteroatoms. The van der Waals surface area contributed by atoms with Crippen LogP contribution in [0.1, 0.15) is 50.7 Å². The van der Waals surface area contributed by atoms with Crippen molar-refractivity contribution in [2.45, 2.75) is 50.5 Å². The van der Waals surface area contributed by atoms with Gasteiger partial charge in [0.2, 0.25) is 23.6 Å². The summed E-state index contributed by atoms with van der Waals surface area (Å²) in [5.74, 6) is -4.81. The van der Waals surface area contributed by atoms with Crippen LogP contribution in [0.25, 0.3) is 0 Å². The summed E-state index contributed by atoms with van der Waals surface area (Å²) < 4.78 is 11.3. The monoisotopic (exact) mass is 668 g/mol. The second kappa shape index (κ2) is 11.2. The smallest absolute Gasteiger partial charge is 0.246 e. The molecule has 0 bridgehead atoms. The Morgan fingerprint density at radius 3 is 2.25 bits per heavy atom. The van der Waals surface area contributed by atoms with E-state index < -0.39 is 52.4 Å². The van der Waals surface area contributed by atoms with E-state index in [0.29, 0.717) is 27.6 Å². The third kappa shape index (κ3) is 4.36. The number of hydrogen-bond acceptors (Lipinski definition) is 7. The number of imide groups is 2. The molecule has 9 nitrogen and oxygen atoms in total. The fourth-order valence-corrected chi connectivity index (χ4v) is 9.07. The average molecular weight is 669 g/mol. The van der Waals surface area contributed by atoms with Crippen molar-refractivity contribution < 1.29 is 33.8 Å². The number of nitrogens with zero attached hydrogens (tertiary/aromatic N) is 2. The van der Waals surface area contributed by atoms with E-state index in [4.69, 9.17) is 21.1 Å². The molecule has 0 unspecified atom stereocenters. The first-order valence-corrected chi connectivity index (χ1v) is 16.5. The number of ether oxygens (including phenoxy) is 2. The maximum atomic E-state index is 15.4. The number of phenols is 1. The lowest BCUT2D eigenvalue weighted by Gasteiger charge is -2.51. The van der Waals surface area contributed by atoms with Gasteiger partial charge in [-0.05, 0) is 63.3 Å². The topological polar surface area (TPSA) is 113 Å².